The van der Waals surface area contributed by atoms with Crippen molar-refractivity contribution in [3.8, 4) is 0 Å². The van der Waals surface area contributed by atoms with Crippen LogP contribution in [0.25, 0.3) is 0 Å². The summed E-state index contributed by atoms with van der Waals surface area (Å²) < 4.78 is 86.4. The van der Waals surface area contributed by atoms with Crippen LogP contribution in [0.5, 0.6) is 0 Å². The molecule has 178 valence electrons. The highest BCUT2D eigenvalue weighted by atomic mass is 32.2. The molecule has 0 saturated carbocycles. The van der Waals surface area contributed by atoms with Gasteiger partial charge in [-0.25, -0.2) is 13.1 Å². The summed E-state index contributed by atoms with van der Waals surface area (Å²) in [5.74, 6) is -0.659. The van der Waals surface area contributed by atoms with Crippen LogP contribution in [0.2, 0.25) is 0 Å². The van der Waals surface area contributed by atoms with Crippen LogP contribution in [0.15, 0.2) is 29.2 Å². The normalized spacial score (nSPS) is 12.3. The topological polar surface area (TPSA) is 230 Å². The number of nitrogens with one attached hydrogen (secondary N) is 4. The van der Waals surface area contributed by atoms with Gasteiger partial charge in [-0.1, -0.05) is 0 Å². The van der Waals surface area contributed by atoms with E-state index >= 15 is 0 Å². The number of benzene rings is 1. The first-order valence-electron chi connectivity index (χ1n) is 8.69. The lowest BCUT2D eigenvalue weighted by Crippen LogP contribution is -2.28. The first-order valence-corrected chi connectivity index (χ1v) is 13.6. The fraction of sp³-hybridized carbons (Fsp3) is 0.357. The van der Waals surface area contributed by atoms with Crippen LogP contribution in [0.1, 0.15) is 0 Å². The number of hydrogen-bond acceptors (Lipinski definition) is 12. The van der Waals surface area contributed by atoms with Crippen molar-refractivity contribution in [1.82, 2.24) is 19.7 Å². The predicted molar refractivity (Wildman–Crippen MR) is 116 cm³/mol. The second-order valence-electron chi connectivity index (χ2n) is 6.24. The van der Waals surface area contributed by atoms with Crippen molar-refractivity contribution in [3.63, 3.8) is 0 Å². The smallest absolute Gasteiger partial charge is 0.294 e. The summed E-state index contributed by atoms with van der Waals surface area (Å²) in [7, 11) is -12.0. The van der Waals surface area contributed by atoms with Gasteiger partial charge in [0.2, 0.25) is 27.9 Å². The zero-order valence-corrected chi connectivity index (χ0v) is 19.0. The third-order valence-corrected chi connectivity index (χ3v) is 5.78. The van der Waals surface area contributed by atoms with Crippen LogP contribution < -0.4 is 20.7 Å². The second kappa shape index (κ2) is 10.3. The lowest BCUT2D eigenvalue weighted by Gasteiger charge is -2.11. The average Bonchev–Trinajstić information content (AvgIpc) is 2.63. The summed E-state index contributed by atoms with van der Waals surface area (Å²) in [6.45, 7) is -0.0552. The average molecular weight is 512 g/mol. The molecule has 18 heteroatoms. The molecule has 0 bridgehead atoms. The number of nitrogens with zero attached hydrogens (tertiary/aromatic N) is 3. The van der Waals surface area contributed by atoms with Gasteiger partial charge in [-0.3, -0.25) is 9.11 Å². The molecule has 2 aromatic rings. The van der Waals surface area contributed by atoms with Crippen molar-refractivity contribution in [3.05, 3.63) is 24.3 Å². The number of sulfonamides is 1. The Kier molecular flexibility index (Phi) is 8.26. The molecule has 32 heavy (non-hydrogen) atoms. The molecule has 1 aromatic carbocycles. The Morgan fingerprint density at radius 2 is 1.31 bits per heavy atom. The Balaban J connectivity index is 2.18. The van der Waals surface area contributed by atoms with Crippen LogP contribution in [0.3, 0.4) is 0 Å². The summed E-state index contributed by atoms with van der Waals surface area (Å²) in [5.41, 5.74) is 0.358. The van der Waals surface area contributed by atoms with E-state index in [0.717, 1.165) is 18.4 Å². The first kappa shape index (κ1) is 25.6. The number of hydrogen-bond donors (Lipinski definition) is 6. The number of aromatic nitrogens is 3. The van der Waals surface area contributed by atoms with Gasteiger partial charge in [0.1, 0.15) is 0 Å². The van der Waals surface area contributed by atoms with Gasteiger partial charge >= 0.3 is 0 Å². The molecule has 0 aliphatic heterocycles. The van der Waals surface area contributed by atoms with Crippen molar-refractivity contribution < 1.29 is 34.4 Å². The van der Waals surface area contributed by atoms with E-state index in [1.54, 1.807) is 0 Å². The van der Waals surface area contributed by atoms with E-state index in [1.807, 2.05) is 0 Å². The van der Waals surface area contributed by atoms with Gasteiger partial charge < -0.3 is 16.0 Å². The molecule has 2 rings (SSSR count). The Bertz CT molecular complexity index is 1250. The Morgan fingerprint density at radius 1 is 0.781 bits per heavy atom. The highest BCUT2D eigenvalue weighted by Gasteiger charge is 2.11. The van der Waals surface area contributed by atoms with Crippen LogP contribution in [0.4, 0.5) is 23.5 Å². The summed E-state index contributed by atoms with van der Waals surface area (Å²) in [5, 5.41) is 8.16. The Hall–Kier alpha value is -2.64. The van der Waals surface area contributed by atoms with Crippen LogP contribution >= 0.6 is 0 Å². The Morgan fingerprint density at radius 3 is 1.81 bits per heavy atom. The van der Waals surface area contributed by atoms with Gasteiger partial charge in [-0.05, 0) is 24.3 Å². The molecule has 0 unspecified atom stereocenters. The van der Waals surface area contributed by atoms with Crippen molar-refractivity contribution >= 4 is 53.8 Å². The standard InChI is InChI=1S/C14H21N7O8S3/c1-30(22,23)17-7-6-15-12-19-13(16-8-9-31(24,25)26)21-14(20-12)18-10-2-4-11(5-3-10)32(27,28)29/h2-5,17H,6-9H2,1H3,(H,24,25,26)(H,27,28,29)(H3,15,16,18,19,20,21). The molecule has 0 radical (unpaired) electrons. The van der Waals surface area contributed by atoms with Gasteiger partial charge in [0.05, 0.1) is 16.9 Å². The third-order valence-electron chi connectivity index (χ3n) is 3.46. The number of anilines is 4. The SMILES string of the molecule is CS(=O)(=O)NCCNc1nc(NCCS(=O)(=O)O)nc(Nc2ccc(S(=O)(=O)O)cc2)n1. The molecule has 0 aliphatic rings. The van der Waals surface area contributed by atoms with Gasteiger partial charge in [0.15, 0.2) is 0 Å². The third kappa shape index (κ3) is 9.66. The van der Waals surface area contributed by atoms with Crippen LogP contribution in [-0.2, 0) is 30.3 Å². The van der Waals surface area contributed by atoms with E-state index in [4.69, 9.17) is 9.11 Å². The Labute approximate surface area is 184 Å². The molecular formula is C14H21N7O8S3. The number of rotatable bonds is 12. The van der Waals surface area contributed by atoms with Gasteiger partial charge in [-0.2, -0.15) is 31.8 Å². The van der Waals surface area contributed by atoms with Crippen molar-refractivity contribution in [2.75, 3.05) is 47.6 Å². The summed E-state index contributed by atoms with van der Waals surface area (Å²) >= 11 is 0. The minimum Gasteiger partial charge on any atom is -0.353 e. The highest BCUT2D eigenvalue weighted by Crippen LogP contribution is 2.18. The molecule has 1 aromatic heterocycles. The minimum atomic E-state index is -4.36. The zero-order chi connectivity index (χ0) is 24.0. The predicted octanol–water partition coefficient (Wildman–Crippen LogP) is -0.877. The van der Waals surface area contributed by atoms with Crippen LogP contribution in [0, 0.1) is 0 Å². The van der Waals surface area contributed by atoms with E-state index < -0.39 is 36.0 Å². The zero-order valence-electron chi connectivity index (χ0n) is 16.5. The summed E-state index contributed by atoms with van der Waals surface area (Å²) in [4.78, 5) is 11.9. The molecule has 0 aliphatic carbocycles. The monoisotopic (exact) mass is 511 g/mol. The lowest BCUT2D eigenvalue weighted by molar-refractivity contribution is 0.481. The maximum Gasteiger partial charge on any atom is 0.294 e. The van der Waals surface area contributed by atoms with Crippen molar-refractivity contribution in [2.24, 2.45) is 0 Å². The van der Waals surface area contributed by atoms with E-state index in [2.05, 4.69) is 35.6 Å². The molecule has 0 fully saturated rings. The first-order chi connectivity index (χ1) is 14.7. The van der Waals surface area contributed by atoms with E-state index in [9.17, 15) is 25.3 Å². The van der Waals surface area contributed by atoms with Crippen LogP contribution in [-0.4, -0.2) is 81.0 Å². The quantitative estimate of drug-likeness (QED) is 0.150. The van der Waals surface area contributed by atoms with Gasteiger partial charge in [0.25, 0.3) is 20.2 Å². The molecule has 0 amide bonds. The molecule has 0 saturated heterocycles. The fourth-order valence-corrected chi connectivity index (χ4v) is 3.44. The lowest BCUT2D eigenvalue weighted by atomic mass is 10.3. The van der Waals surface area contributed by atoms with Gasteiger partial charge in [-0.15, -0.1) is 0 Å². The van der Waals surface area contributed by atoms with E-state index in [1.165, 1.54) is 12.1 Å². The maximum absolute atomic E-state index is 11.1. The molecule has 0 atom stereocenters. The van der Waals surface area contributed by atoms with E-state index in [0.29, 0.717) is 5.69 Å². The molecule has 6 N–H and O–H groups in total. The molecule has 15 nitrogen and oxygen atoms in total. The largest absolute Gasteiger partial charge is 0.353 e. The molecule has 0 spiro atoms. The molecule has 1 heterocycles. The van der Waals surface area contributed by atoms with E-state index in [-0.39, 0.29) is 42.4 Å². The highest BCUT2D eigenvalue weighted by molar-refractivity contribution is 7.88. The summed E-state index contributed by atoms with van der Waals surface area (Å²) in [6.07, 6.45) is 1.00. The minimum absolute atomic E-state index is 0.0155. The maximum atomic E-state index is 11.1. The van der Waals surface area contributed by atoms with Crippen molar-refractivity contribution in [1.29, 1.82) is 0 Å². The summed E-state index contributed by atoms with van der Waals surface area (Å²) in [6, 6.07) is 5.00. The van der Waals surface area contributed by atoms with Crippen molar-refractivity contribution in [2.45, 2.75) is 4.90 Å². The second-order valence-corrected chi connectivity index (χ2v) is 11.1. The van der Waals surface area contributed by atoms with Gasteiger partial charge in [0, 0.05) is 25.3 Å². The molecular weight excluding hydrogens is 490 g/mol. The fourth-order valence-electron chi connectivity index (χ4n) is 2.13.